The summed E-state index contributed by atoms with van der Waals surface area (Å²) in [7, 11) is 3.12. The summed E-state index contributed by atoms with van der Waals surface area (Å²) in [5, 5.41) is 17.3. The van der Waals surface area contributed by atoms with Crippen molar-refractivity contribution >= 4 is 11.6 Å². The Kier molecular flexibility index (Phi) is 5.36. The number of carbonyl (C=O) groups excluding carboxylic acids is 1. The van der Waals surface area contributed by atoms with Crippen LogP contribution in [0.1, 0.15) is 29.5 Å². The summed E-state index contributed by atoms with van der Waals surface area (Å²) in [6.07, 6.45) is 0.326. The van der Waals surface area contributed by atoms with Crippen LogP contribution in [0.3, 0.4) is 0 Å². The zero-order valence-corrected chi connectivity index (χ0v) is 19.3. The van der Waals surface area contributed by atoms with Gasteiger partial charge in [0.15, 0.2) is 11.5 Å². The molecule has 5 rings (SSSR count). The van der Waals surface area contributed by atoms with Crippen LogP contribution >= 0.6 is 0 Å². The number of amides is 1. The maximum Gasteiger partial charge on any atom is 0.256 e. The zero-order valence-electron chi connectivity index (χ0n) is 19.3. The number of fused-ring (bicyclic) bond motifs is 4. The van der Waals surface area contributed by atoms with E-state index in [1.54, 1.807) is 26.4 Å². The molecule has 0 bridgehead atoms. The van der Waals surface area contributed by atoms with Crippen LogP contribution in [-0.2, 0) is 11.2 Å². The lowest BCUT2D eigenvalue weighted by atomic mass is 9.82. The third-order valence-corrected chi connectivity index (χ3v) is 6.62. The predicted octanol–water partition coefficient (Wildman–Crippen LogP) is 2.34. The Balaban J connectivity index is 1.64. The highest BCUT2D eigenvalue weighted by molar-refractivity contribution is 6.10. The lowest BCUT2D eigenvalue weighted by molar-refractivity contribution is -0.132. The van der Waals surface area contributed by atoms with Crippen molar-refractivity contribution in [2.24, 2.45) is 10.8 Å². The molecule has 3 aliphatic rings. The van der Waals surface area contributed by atoms with Crippen molar-refractivity contribution in [2.75, 3.05) is 27.4 Å². The quantitative estimate of drug-likeness (QED) is 0.651. The topological polar surface area (TPSA) is 116 Å². The second kappa shape index (κ2) is 8.25. The first kappa shape index (κ1) is 22.1. The van der Waals surface area contributed by atoms with Gasteiger partial charge in [-0.2, -0.15) is 5.10 Å². The van der Waals surface area contributed by atoms with E-state index in [2.05, 4.69) is 11.7 Å². The Labute approximate surface area is 197 Å². The van der Waals surface area contributed by atoms with Gasteiger partial charge in [-0.15, -0.1) is 0 Å². The van der Waals surface area contributed by atoms with E-state index in [-0.39, 0.29) is 36.8 Å². The van der Waals surface area contributed by atoms with Crippen LogP contribution in [0.4, 0.5) is 0 Å². The molecule has 34 heavy (non-hydrogen) atoms. The minimum absolute atomic E-state index is 0.0920. The molecule has 0 saturated heterocycles. The molecule has 2 aromatic rings. The molecule has 9 nitrogen and oxygen atoms in total. The molecule has 3 atom stereocenters. The molecule has 2 unspecified atom stereocenters. The molecule has 178 valence electrons. The van der Waals surface area contributed by atoms with Crippen LogP contribution in [-0.4, -0.2) is 61.3 Å². The largest absolute Gasteiger partial charge is 0.507 e. The summed E-state index contributed by atoms with van der Waals surface area (Å²) in [4.78, 5) is 12.7. The molecule has 0 fully saturated rings. The van der Waals surface area contributed by atoms with E-state index >= 15 is 0 Å². The van der Waals surface area contributed by atoms with Gasteiger partial charge in [-0.05, 0) is 30.7 Å². The van der Waals surface area contributed by atoms with E-state index in [4.69, 9.17) is 24.7 Å². The number of phenolic OH excluding ortho intramolecular Hbond substituents is 1. The van der Waals surface area contributed by atoms with Crippen molar-refractivity contribution in [2.45, 2.75) is 31.4 Å². The molecule has 0 radical (unpaired) electrons. The van der Waals surface area contributed by atoms with E-state index in [1.807, 2.05) is 19.1 Å². The number of benzene rings is 2. The minimum Gasteiger partial charge on any atom is -0.507 e. The fourth-order valence-corrected chi connectivity index (χ4v) is 4.86. The SMILES string of the molecule is C=C(C)[C@H]1Cc2c(ccc(C3=NN(C(=O)CN)C4COc5cc(OC)c(OC)cc5C34)c2O)O1. The Morgan fingerprint density at radius 1 is 1.26 bits per heavy atom. The maximum absolute atomic E-state index is 12.7. The molecular formula is C25H27N3O6. The van der Waals surface area contributed by atoms with Crippen molar-refractivity contribution in [3.05, 3.63) is 53.1 Å². The first-order chi connectivity index (χ1) is 16.4. The number of methoxy groups -OCH3 is 2. The maximum atomic E-state index is 12.7. The highest BCUT2D eigenvalue weighted by Crippen LogP contribution is 2.48. The smallest absolute Gasteiger partial charge is 0.256 e. The molecule has 2 aromatic carbocycles. The minimum atomic E-state index is -0.413. The average molecular weight is 466 g/mol. The highest BCUT2D eigenvalue weighted by atomic mass is 16.5. The summed E-state index contributed by atoms with van der Waals surface area (Å²) in [5.74, 6) is 1.71. The summed E-state index contributed by atoms with van der Waals surface area (Å²) < 4.78 is 22.9. The number of ether oxygens (including phenoxy) is 4. The fraction of sp³-hybridized carbons (Fsp3) is 0.360. The molecule has 3 N–H and O–H groups in total. The van der Waals surface area contributed by atoms with Crippen molar-refractivity contribution in [3.63, 3.8) is 0 Å². The van der Waals surface area contributed by atoms with Gasteiger partial charge in [-0.1, -0.05) is 6.58 Å². The van der Waals surface area contributed by atoms with Crippen LogP contribution in [0.5, 0.6) is 28.7 Å². The Morgan fingerprint density at radius 2 is 2.00 bits per heavy atom. The van der Waals surface area contributed by atoms with Crippen LogP contribution in [0.25, 0.3) is 0 Å². The van der Waals surface area contributed by atoms with Crippen LogP contribution in [0, 0.1) is 0 Å². The molecule has 1 amide bonds. The number of aromatic hydroxyl groups is 1. The van der Waals surface area contributed by atoms with Gasteiger partial charge in [-0.25, -0.2) is 5.01 Å². The number of hydrogen-bond acceptors (Lipinski definition) is 8. The first-order valence-electron chi connectivity index (χ1n) is 11.0. The van der Waals surface area contributed by atoms with E-state index in [0.29, 0.717) is 46.3 Å². The second-order valence-electron chi connectivity index (χ2n) is 8.62. The standard InChI is InChI=1S/C25H27N3O6/c1-12(2)18-8-15-17(34-18)6-5-13(25(15)30)24-23-14-7-20(31-3)21(32-4)9-19(14)33-11-16(23)28(27-24)22(29)10-26/h5-7,9,16,18,23,30H,1,8,10-11,26H2,2-4H3/t16?,18-,23?/m1/s1. The molecule has 0 aliphatic carbocycles. The second-order valence-corrected chi connectivity index (χ2v) is 8.62. The molecule has 0 saturated carbocycles. The summed E-state index contributed by atoms with van der Waals surface area (Å²) in [6, 6.07) is 6.79. The molecular weight excluding hydrogens is 438 g/mol. The van der Waals surface area contributed by atoms with Crippen molar-refractivity contribution in [1.82, 2.24) is 5.01 Å². The van der Waals surface area contributed by atoms with Crippen molar-refractivity contribution < 1.29 is 28.8 Å². The Bertz CT molecular complexity index is 1220. The van der Waals surface area contributed by atoms with E-state index in [9.17, 15) is 9.90 Å². The van der Waals surface area contributed by atoms with Crippen LogP contribution in [0.2, 0.25) is 0 Å². The number of hydrogen-bond donors (Lipinski definition) is 2. The van der Waals surface area contributed by atoms with E-state index in [0.717, 1.165) is 11.1 Å². The number of nitrogens with two attached hydrogens (primary N) is 1. The summed E-state index contributed by atoms with van der Waals surface area (Å²) in [5.41, 5.74) is 9.14. The number of phenols is 1. The lowest BCUT2D eigenvalue weighted by Crippen LogP contribution is -2.45. The number of rotatable bonds is 5. The highest BCUT2D eigenvalue weighted by Gasteiger charge is 2.47. The van der Waals surface area contributed by atoms with Gasteiger partial charge in [0.05, 0.1) is 32.4 Å². The number of hydrazone groups is 1. The van der Waals surface area contributed by atoms with Crippen LogP contribution in [0.15, 0.2) is 41.5 Å². The summed E-state index contributed by atoms with van der Waals surface area (Å²) in [6.45, 7) is 5.90. The average Bonchev–Trinajstić information content (AvgIpc) is 3.46. The van der Waals surface area contributed by atoms with Gasteiger partial charge in [0.25, 0.3) is 5.91 Å². The van der Waals surface area contributed by atoms with Gasteiger partial charge in [0.1, 0.15) is 36.0 Å². The predicted molar refractivity (Wildman–Crippen MR) is 125 cm³/mol. The van der Waals surface area contributed by atoms with Crippen LogP contribution < -0.4 is 24.7 Å². The van der Waals surface area contributed by atoms with Crippen molar-refractivity contribution in [1.29, 1.82) is 0 Å². The number of nitrogens with zero attached hydrogens (tertiary/aromatic N) is 2. The normalized spacial score (nSPS) is 22.1. The Hall–Kier alpha value is -3.72. The van der Waals surface area contributed by atoms with Gasteiger partial charge in [0, 0.05) is 29.2 Å². The molecule has 0 spiro atoms. The Morgan fingerprint density at radius 3 is 2.68 bits per heavy atom. The molecule has 9 heteroatoms. The molecule has 0 aromatic heterocycles. The first-order valence-corrected chi connectivity index (χ1v) is 11.0. The van der Waals surface area contributed by atoms with Gasteiger partial charge in [0.2, 0.25) is 0 Å². The number of carbonyl (C=O) groups is 1. The fourth-order valence-electron chi connectivity index (χ4n) is 4.86. The van der Waals surface area contributed by atoms with Gasteiger partial charge >= 0.3 is 0 Å². The molecule has 3 aliphatic heterocycles. The monoisotopic (exact) mass is 465 g/mol. The lowest BCUT2D eigenvalue weighted by Gasteiger charge is -2.33. The van der Waals surface area contributed by atoms with Gasteiger partial charge in [-0.3, -0.25) is 4.79 Å². The van der Waals surface area contributed by atoms with Gasteiger partial charge < -0.3 is 29.8 Å². The van der Waals surface area contributed by atoms with Crippen molar-refractivity contribution in [3.8, 4) is 28.7 Å². The zero-order chi connectivity index (χ0) is 24.1. The third kappa shape index (κ3) is 3.27. The molecule has 3 heterocycles. The van der Waals surface area contributed by atoms with E-state index < -0.39 is 6.04 Å². The third-order valence-electron chi connectivity index (χ3n) is 6.62. The van der Waals surface area contributed by atoms with E-state index in [1.165, 1.54) is 5.01 Å². The summed E-state index contributed by atoms with van der Waals surface area (Å²) >= 11 is 0.